The van der Waals surface area contributed by atoms with Crippen molar-refractivity contribution < 1.29 is 9.53 Å². The molecule has 0 bridgehead atoms. The molecule has 31 heavy (non-hydrogen) atoms. The van der Waals surface area contributed by atoms with Gasteiger partial charge in [0.25, 0.3) is 0 Å². The zero-order chi connectivity index (χ0) is 21.8. The number of ether oxygens (including phenoxy) is 1. The Kier molecular flexibility index (Phi) is 6.21. The van der Waals surface area contributed by atoms with E-state index in [0.717, 1.165) is 11.0 Å². The van der Waals surface area contributed by atoms with E-state index in [1.807, 2.05) is 41.0 Å². The predicted octanol–water partition coefficient (Wildman–Crippen LogP) is 6.88. The van der Waals surface area contributed by atoms with Crippen LogP contribution >= 0.6 is 23.2 Å². The normalized spacial score (nSPS) is 11.5. The summed E-state index contributed by atoms with van der Waals surface area (Å²) >= 11 is 12.6. The van der Waals surface area contributed by atoms with Gasteiger partial charge in [-0.15, -0.1) is 6.58 Å². The van der Waals surface area contributed by atoms with Crippen LogP contribution in [0.1, 0.15) is 21.7 Å². The summed E-state index contributed by atoms with van der Waals surface area (Å²) in [4.78, 5) is 17.6. The molecule has 4 aromatic rings. The van der Waals surface area contributed by atoms with E-state index in [-0.39, 0.29) is 11.3 Å². The van der Waals surface area contributed by atoms with Crippen LogP contribution < -0.4 is 0 Å². The van der Waals surface area contributed by atoms with Crippen molar-refractivity contribution in [3.63, 3.8) is 0 Å². The fourth-order valence-corrected chi connectivity index (χ4v) is 3.69. The average Bonchev–Trinajstić information content (AvgIpc) is 3.11. The van der Waals surface area contributed by atoms with Crippen molar-refractivity contribution in [3.05, 3.63) is 112 Å². The maximum Gasteiger partial charge on any atom is 0.345 e. The summed E-state index contributed by atoms with van der Waals surface area (Å²) in [6, 6.07) is 21.7. The lowest BCUT2D eigenvalue weighted by atomic mass is 10.1. The van der Waals surface area contributed by atoms with Crippen LogP contribution in [0.15, 0.2) is 85.5 Å². The second-order valence-corrected chi connectivity index (χ2v) is 7.53. The molecule has 0 aliphatic carbocycles. The second-order valence-electron chi connectivity index (χ2n) is 6.72. The van der Waals surface area contributed by atoms with E-state index in [4.69, 9.17) is 32.9 Å². The number of imidazole rings is 1. The molecule has 0 aliphatic heterocycles. The minimum atomic E-state index is -0.580. The monoisotopic (exact) mass is 448 g/mol. The van der Waals surface area contributed by atoms with E-state index in [2.05, 4.69) is 6.58 Å². The van der Waals surface area contributed by atoms with Gasteiger partial charge in [-0.25, -0.2) is 9.78 Å². The molecule has 3 aromatic carbocycles. The zero-order valence-electron chi connectivity index (χ0n) is 16.5. The van der Waals surface area contributed by atoms with Crippen LogP contribution in [-0.4, -0.2) is 15.5 Å². The van der Waals surface area contributed by atoms with Crippen molar-refractivity contribution in [2.75, 3.05) is 0 Å². The molecule has 0 saturated heterocycles. The molecule has 154 valence electrons. The molecule has 0 unspecified atom stereocenters. The Labute approximate surface area is 190 Å². The van der Waals surface area contributed by atoms with Gasteiger partial charge in [0.15, 0.2) is 0 Å². The van der Waals surface area contributed by atoms with E-state index >= 15 is 0 Å². The van der Waals surface area contributed by atoms with Gasteiger partial charge in [-0.1, -0.05) is 65.7 Å². The molecular formula is C25H18Cl2N2O2. The number of esters is 1. The molecule has 0 fully saturated rings. The standard InChI is InChI=1S/C25H18Cl2N2O2/c1-2-15-29-22-14-8-7-13-21(22)28-24(29)16-23(17-9-3-5-11-19(17)26)31-25(30)18-10-4-6-12-20(18)27/h2-14,16H,1,15H2/b23-16-. The highest BCUT2D eigenvalue weighted by Gasteiger charge is 2.18. The lowest BCUT2D eigenvalue weighted by Crippen LogP contribution is -2.07. The van der Waals surface area contributed by atoms with E-state index < -0.39 is 5.97 Å². The summed E-state index contributed by atoms with van der Waals surface area (Å²) in [6.45, 7) is 4.38. The Bertz CT molecular complexity index is 1310. The van der Waals surface area contributed by atoms with Crippen LogP contribution in [0.5, 0.6) is 0 Å². The summed E-state index contributed by atoms with van der Waals surface area (Å²) in [7, 11) is 0. The number of carbonyl (C=O) groups excluding carboxylic acids is 1. The van der Waals surface area contributed by atoms with Crippen molar-refractivity contribution in [3.8, 4) is 0 Å². The summed E-state index contributed by atoms with van der Waals surface area (Å²) in [5.41, 5.74) is 2.61. The first-order chi connectivity index (χ1) is 15.1. The number of allylic oxidation sites excluding steroid dienone is 1. The SMILES string of the molecule is C=CCn1c(/C=C(\OC(=O)c2ccccc2Cl)c2ccccc2Cl)nc2ccccc21. The van der Waals surface area contributed by atoms with Crippen LogP contribution in [0.25, 0.3) is 22.9 Å². The van der Waals surface area contributed by atoms with Gasteiger partial charge in [0.1, 0.15) is 11.6 Å². The van der Waals surface area contributed by atoms with Crippen molar-refractivity contribution >= 4 is 52.0 Å². The van der Waals surface area contributed by atoms with E-state index in [1.54, 1.807) is 48.6 Å². The summed E-state index contributed by atoms with van der Waals surface area (Å²) in [6.07, 6.45) is 3.50. The van der Waals surface area contributed by atoms with Crippen molar-refractivity contribution in [2.24, 2.45) is 0 Å². The zero-order valence-corrected chi connectivity index (χ0v) is 18.0. The van der Waals surface area contributed by atoms with Gasteiger partial charge in [-0.2, -0.15) is 0 Å². The van der Waals surface area contributed by atoms with Crippen LogP contribution in [0.2, 0.25) is 10.0 Å². The van der Waals surface area contributed by atoms with Gasteiger partial charge < -0.3 is 9.30 Å². The Hall–Kier alpha value is -3.34. The van der Waals surface area contributed by atoms with Crippen LogP contribution in [0, 0.1) is 0 Å². The van der Waals surface area contributed by atoms with Gasteiger partial charge in [0, 0.05) is 18.2 Å². The van der Waals surface area contributed by atoms with E-state index in [0.29, 0.717) is 28.0 Å². The molecular weight excluding hydrogens is 431 g/mol. The Balaban J connectivity index is 1.85. The number of hydrogen-bond acceptors (Lipinski definition) is 3. The Morgan fingerprint density at radius 2 is 1.55 bits per heavy atom. The maximum atomic E-state index is 12.9. The molecule has 4 rings (SSSR count). The minimum Gasteiger partial charge on any atom is -0.422 e. The van der Waals surface area contributed by atoms with E-state index in [9.17, 15) is 4.79 Å². The van der Waals surface area contributed by atoms with Gasteiger partial charge in [-0.3, -0.25) is 0 Å². The molecule has 0 N–H and O–H groups in total. The fraction of sp³-hybridized carbons (Fsp3) is 0.0400. The summed E-state index contributed by atoms with van der Waals surface area (Å²) in [5.74, 6) is 0.308. The van der Waals surface area contributed by atoms with Crippen LogP contribution in [-0.2, 0) is 11.3 Å². The molecule has 1 heterocycles. The Morgan fingerprint density at radius 3 is 2.23 bits per heavy atom. The van der Waals surface area contributed by atoms with Crippen molar-refractivity contribution in [1.29, 1.82) is 0 Å². The first kappa shape index (κ1) is 20.9. The third kappa shape index (κ3) is 4.41. The predicted molar refractivity (Wildman–Crippen MR) is 126 cm³/mol. The first-order valence-corrected chi connectivity index (χ1v) is 10.3. The number of para-hydroxylation sites is 2. The van der Waals surface area contributed by atoms with E-state index in [1.165, 1.54) is 0 Å². The van der Waals surface area contributed by atoms with Crippen molar-refractivity contribution in [2.45, 2.75) is 6.54 Å². The summed E-state index contributed by atoms with van der Waals surface area (Å²) < 4.78 is 7.78. The highest BCUT2D eigenvalue weighted by molar-refractivity contribution is 6.34. The molecule has 1 aromatic heterocycles. The lowest BCUT2D eigenvalue weighted by molar-refractivity contribution is 0.0694. The van der Waals surface area contributed by atoms with Crippen LogP contribution in [0.4, 0.5) is 0 Å². The lowest BCUT2D eigenvalue weighted by Gasteiger charge is -2.12. The van der Waals surface area contributed by atoms with Gasteiger partial charge >= 0.3 is 5.97 Å². The highest BCUT2D eigenvalue weighted by atomic mass is 35.5. The number of hydrogen-bond donors (Lipinski definition) is 0. The van der Waals surface area contributed by atoms with Gasteiger partial charge in [0.05, 0.1) is 26.6 Å². The molecule has 0 radical (unpaired) electrons. The second kappa shape index (κ2) is 9.21. The molecule has 0 spiro atoms. The third-order valence-electron chi connectivity index (χ3n) is 4.69. The van der Waals surface area contributed by atoms with Gasteiger partial charge in [-0.05, 0) is 36.4 Å². The molecule has 0 amide bonds. The third-order valence-corrected chi connectivity index (χ3v) is 5.35. The van der Waals surface area contributed by atoms with Crippen LogP contribution in [0.3, 0.4) is 0 Å². The number of aromatic nitrogens is 2. The number of nitrogens with zero attached hydrogens (tertiary/aromatic N) is 2. The summed E-state index contributed by atoms with van der Waals surface area (Å²) in [5, 5.41) is 0.761. The molecule has 0 aliphatic rings. The quantitative estimate of drug-likeness (QED) is 0.183. The molecule has 0 atom stereocenters. The number of halogens is 2. The number of benzene rings is 3. The minimum absolute atomic E-state index is 0.265. The molecule has 6 heteroatoms. The van der Waals surface area contributed by atoms with Crippen molar-refractivity contribution in [1.82, 2.24) is 9.55 Å². The Morgan fingerprint density at radius 1 is 0.935 bits per heavy atom. The smallest absolute Gasteiger partial charge is 0.345 e. The fourth-order valence-electron chi connectivity index (χ4n) is 3.25. The topological polar surface area (TPSA) is 44.1 Å². The first-order valence-electron chi connectivity index (χ1n) is 9.58. The van der Waals surface area contributed by atoms with Gasteiger partial charge in [0.2, 0.25) is 0 Å². The largest absolute Gasteiger partial charge is 0.422 e. The highest BCUT2D eigenvalue weighted by Crippen LogP contribution is 2.29. The maximum absolute atomic E-state index is 12.9. The molecule has 0 saturated carbocycles. The molecule has 4 nitrogen and oxygen atoms in total. The number of carbonyl (C=O) groups is 1. The average molecular weight is 449 g/mol. The number of fused-ring (bicyclic) bond motifs is 1. The number of rotatable bonds is 6.